The van der Waals surface area contributed by atoms with Gasteiger partial charge in [0.1, 0.15) is 5.75 Å². The van der Waals surface area contributed by atoms with Gasteiger partial charge >= 0.3 is 0 Å². The van der Waals surface area contributed by atoms with Crippen LogP contribution < -0.4 is 15.8 Å². The van der Waals surface area contributed by atoms with Crippen LogP contribution in [-0.4, -0.2) is 18.1 Å². The number of carbonyl (C=O) groups is 1. The van der Waals surface area contributed by atoms with Gasteiger partial charge in [0.05, 0.1) is 12.1 Å². The fourth-order valence-corrected chi connectivity index (χ4v) is 1.64. The highest BCUT2D eigenvalue weighted by molar-refractivity contribution is 5.94. The highest BCUT2D eigenvalue weighted by atomic mass is 16.5. The third-order valence-corrected chi connectivity index (χ3v) is 2.95. The van der Waals surface area contributed by atoms with Crippen molar-refractivity contribution in [1.29, 1.82) is 0 Å². The second-order valence-corrected chi connectivity index (χ2v) is 4.75. The summed E-state index contributed by atoms with van der Waals surface area (Å²) in [6, 6.07) is 6.94. The van der Waals surface area contributed by atoms with E-state index in [1.165, 1.54) is 0 Å². The molecule has 0 saturated heterocycles. The van der Waals surface area contributed by atoms with E-state index in [1.807, 2.05) is 38.1 Å². The van der Waals surface area contributed by atoms with Gasteiger partial charge in [0.15, 0.2) is 0 Å². The first-order chi connectivity index (χ1) is 9.06. The van der Waals surface area contributed by atoms with Crippen molar-refractivity contribution >= 4 is 11.6 Å². The zero-order valence-corrected chi connectivity index (χ0v) is 12.0. The summed E-state index contributed by atoms with van der Waals surface area (Å²) < 4.78 is 5.71. The molecule has 4 heteroatoms. The average molecular weight is 264 g/mol. The van der Waals surface area contributed by atoms with E-state index in [0.29, 0.717) is 6.42 Å². The molecule has 19 heavy (non-hydrogen) atoms. The standard InChI is InChI=1S/C15H24N2O2/c1-4-7-14(16)15(18)17-12-8-6-9-13(10-12)19-11(3)5-2/h6,8-11,14H,4-5,7,16H2,1-3H3,(H,17,18)/t11?,14-/m1/s1. The zero-order chi connectivity index (χ0) is 14.3. The molecule has 106 valence electrons. The second kappa shape index (κ2) is 7.79. The molecule has 0 aromatic heterocycles. The summed E-state index contributed by atoms with van der Waals surface area (Å²) in [5, 5.41) is 2.81. The number of rotatable bonds is 7. The zero-order valence-electron chi connectivity index (χ0n) is 12.0. The molecule has 1 rings (SSSR count). The van der Waals surface area contributed by atoms with Gasteiger partial charge in [-0.1, -0.05) is 26.3 Å². The first kappa shape index (κ1) is 15.5. The van der Waals surface area contributed by atoms with E-state index >= 15 is 0 Å². The molecule has 4 nitrogen and oxygen atoms in total. The summed E-state index contributed by atoms with van der Waals surface area (Å²) >= 11 is 0. The molecule has 0 fully saturated rings. The number of nitrogens with two attached hydrogens (primary N) is 1. The minimum absolute atomic E-state index is 0.150. The van der Waals surface area contributed by atoms with Crippen molar-refractivity contribution in [2.75, 3.05) is 5.32 Å². The predicted octanol–water partition coefficient (Wildman–Crippen LogP) is 2.93. The van der Waals surface area contributed by atoms with Gasteiger partial charge < -0.3 is 15.8 Å². The Morgan fingerprint density at radius 2 is 2.16 bits per heavy atom. The summed E-state index contributed by atoms with van der Waals surface area (Å²) in [6.07, 6.45) is 2.69. The van der Waals surface area contributed by atoms with Crippen molar-refractivity contribution in [3.05, 3.63) is 24.3 Å². The Bertz CT molecular complexity index is 407. The molecule has 0 spiro atoms. The Kier molecular flexibility index (Phi) is 6.36. The van der Waals surface area contributed by atoms with Crippen LogP contribution in [0.5, 0.6) is 5.75 Å². The Labute approximate surface area is 115 Å². The minimum atomic E-state index is -0.455. The van der Waals surface area contributed by atoms with E-state index in [9.17, 15) is 4.79 Å². The van der Waals surface area contributed by atoms with Crippen LogP contribution in [0.3, 0.4) is 0 Å². The van der Waals surface area contributed by atoms with E-state index in [1.54, 1.807) is 0 Å². The maximum absolute atomic E-state index is 11.8. The molecule has 1 aromatic rings. The van der Waals surface area contributed by atoms with E-state index < -0.39 is 6.04 Å². The van der Waals surface area contributed by atoms with Gasteiger partial charge in [-0.3, -0.25) is 4.79 Å². The van der Waals surface area contributed by atoms with Gasteiger partial charge in [0, 0.05) is 11.8 Å². The van der Waals surface area contributed by atoms with Crippen molar-refractivity contribution < 1.29 is 9.53 Å². The Morgan fingerprint density at radius 1 is 1.42 bits per heavy atom. The van der Waals surface area contributed by atoms with Crippen LogP contribution in [0.1, 0.15) is 40.0 Å². The smallest absolute Gasteiger partial charge is 0.241 e. The van der Waals surface area contributed by atoms with E-state index in [2.05, 4.69) is 12.2 Å². The lowest BCUT2D eigenvalue weighted by molar-refractivity contribution is -0.117. The largest absolute Gasteiger partial charge is 0.491 e. The van der Waals surface area contributed by atoms with Crippen LogP contribution in [0.4, 0.5) is 5.69 Å². The molecule has 1 aromatic carbocycles. The van der Waals surface area contributed by atoms with Crippen LogP contribution in [0.25, 0.3) is 0 Å². The molecule has 3 N–H and O–H groups in total. The van der Waals surface area contributed by atoms with E-state index in [4.69, 9.17) is 10.5 Å². The second-order valence-electron chi connectivity index (χ2n) is 4.75. The van der Waals surface area contributed by atoms with Crippen molar-refractivity contribution in [2.45, 2.75) is 52.2 Å². The number of hydrogen-bond acceptors (Lipinski definition) is 3. The fraction of sp³-hybridized carbons (Fsp3) is 0.533. The molecular formula is C15H24N2O2. The number of nitrogens with one attached hydrogen (secondary N) is 1. The topological polar surface area (TPSA) is 64.4 Å². The molecule has 0 aliphatic rings. The SMILES string of the molecule is CCC[C@@H](N)C(=O)Nc1cccc(OC(C)CC)c1. The van der Waals surface area contributed by atoms with Crippen molar-refractivity contribution in [3.8, 4) is 5.75 Å². The fourth-order valence-electron chi connectivity index (χ4n) is 1.64. The Morgan fingerprint density at radius 3 is 2.79 bits per heavy atom. The number of hydrogen-bond donors (Lipinski definition) is 2. The summed E-state index contributed by atoms with van der Waals surface area (Å²) in [5.41, 5.74) is 6.49. The average Bonchev–Trinajstić information content (AvgIpc) is 2.39. The maximum atomic E-state index is 11.8. The summed E-state index contributed by atoms with van der Waals surface area (Å²) in [5.74, 6) is 0.610. The van der Waals surface area contributed by atoms with Crippen LogP contribution >= 0.6 is 0 Å². The summed E-state index contributed by atoms with van der Waals surface area (Å²) in [6.45, 7) is 6.09. The van der Waals surface area contributed by atoms with Gasteiger partial charge in [-0.2, -0.15) is 0 Å². The lowest BCUT2D eigenvalue weighted by atomic mass is 10.1. The lowest BCUT2D eigenvalue weighted by Gasteiger charge is -2.15. The monoisotopic (exact) mass is 264 g/mol. The van der Waals surface area contributed by atoms with Crippen molar-refractivity contribution in [3.63, 3.8) is 0 Å². The van der Waals surface area contributed by atoms with Gasteiger partial charge in [-0.15, -0.1) is 0 Å². The summed E-state index contributed by atoms with van der Waals surface area (Å²) in [7, 11) is 0. The molecule has 0 heterocycles. The Hall–Kier alpha value is -1.55. The lowest BCUT2D eigenvalue weighted by Crippen LogP contribution is -2.35. The number of anilines is 1. The molecule has 1 unspecified atom stereocenters. The number of amides is 1. The van der Waals surface area contributed by atoms with Gasteiger partial charge in [-0.05, 0) is 31.9 Å². The summed E-state index contributed by atoms with van der Waals surface area (Å²) in [4.78, 5) is 11.8. The van der Waals surface area contributed by atoms with Gasteiger partial charge in [0.2, 0.25) is 5.91 Å². The van der Waals surface area contributed by atoms with Crippen molar-refractivity contribution in [1.82, 2.24) is 0 Å². The molecule has 0 saturated carbocycles. The first-order valence-electron chi connectivity index (χ1n) is 6.90. The molecule has 2 atom stereocenters. The molecule has 0 aliphatic heterocycles. The Balaban J connectivity index is 2.64. The highest BCUT2D eigenvalue weighted by Gasteiger charge is 2.12. The quantitative estimate of drug-likeness (QED) is 0.796. The van der Waals surface area contributed by atoms with Crippen molar-refractivity contribution in [2.24, 2.45) is 5.73 Å². The van der Waals surface area contributed by atoms with E-state index in [-0.39, 0.29) is 12.0 Å². The molecule has 1 amide bonds. The number of benzene rings is 1. The minimum Gasteiger partial charge on any atom is -0.491 e. The molecule has 0 radical (unpaired) electrons. The third-order valence-electron chi connectivity index (χ3n) is 2.95. The predicted molar refractivity (Wildman–Crippen MR) is 78.3 cm³/mol. The first-order valence-corrected chi connectivity index (χ1v) is 6.90. The number of carbonyl (C=O) groups excluding carboxylic acids is 1. The van der Waals surface area contributed by atoms with Gasteiger partial charge in [0.25, 0.3) is 0 Å². The van der Waals surface area contributed by atoms with Gasteiger partial charge in [-0.25, -0.2) is 0 Å². The van der Waals surface area contributed by atoms with Crippen LogP contribution in [0, 0.1) is 0 Å². The highest BCUT2D eigenvalue weighted by Crippen LogP contribution is 2.19. The van der Waals surface area contributed by atoms with E-state index in [0.717, 1.165) is 24.3 Å². The number of ether oxygens (including phenoxy) is 1. The molecule has 0 aliphatic carbocycles. The third kappa shape index (κ3) is 5.30. The van der Waals surface area contributed by atoms with Crippen LogP contribution in [0.15, 0.2) is 24.3 Å². The molecular weight excluding hydrogens is 240 g/mol. The van der Waals surface area contributed by atoms with Crippen LogP contribution in [0.2, 0.25) is 0 Å². The maximum Gasteiger partial charge on any atom is 0.241 e. The molecule has 0 bridgehead atoms. The van der Waals surface area contributed by atoms with Crippen LogP contribution in [-0.2, 0) is 4.79 Å². The normalized spacial score (nSPS) is 13.7.